The number of carbonyl (C=O) groups is 2. The summed E-state index contributed by atoms with van der Waals surface area (Å²) in [5.41, 5.74) is 2.83. The molecule has 0 heterocycles. The minimum Gasteiger partial charge on any atom is -0.478 e. The first-order chi connectivity index (χ1) is 11.8. The molecule has 0 amide bonds. The number of aromatic carboxylic acids is 2. The summed E-state index contributed by atoms with van der Waals surface area (Å²) in [6.07, 6.45) is 0.500. The average Bonchev–Trinajstić information content (AvgIpc) is 2.57. The first kappa shape index (κ1) is 22.3. The molecule has 0 atom stereocenters. The van der Waals surface area contributed by atoms with Crippen molar-refractivity contribution in [3.63, 3.8) is 0 Å². The zero-order chi connectivity index (χ0) is 19.2. The lowest BCUT2D eigenvalue weighted by Crippen LogP contribution is -1.94. The second kappa shape index (κ2) is 12.7. The summed E-state index contributed by atoms with van der Waals surface area (Å²) in [5.74, 6) is -1.75. The van der Waals surface area contributed by atoms with Crippen molar-refractivity contribution in [2.75, 3.05) is 13.2 Å². The number of hydrogen-bond donors (Lipinski definition) is 4. The predicted octanol–water partition coefficient (Wildman–Crippen LogP) is 2.75. The van der Waals surface area contributed by atoms with Gasteiger partial charge in [-0.25, -0.2) is 9.59 Å². The van der Waals surface area contributed by atoms with Crippen molar-refractivity contribution >= 4 is 11.9 Å². The number of rotatable bonds is 4. The van der Waals surface area contributed by atoms with E-state index < -0.39 is 11.9 Å². The standard InChI is InChI=1S/2C8H8O2.C3H8O2/c2*1-6-2-4-7(5-3-6)8(9)10;4-2-1-3-5/h2*2-5H,1H3,(H,9,10);4-5H,1-3H2. The maximum atomic E-state index is 10.3. The maximum absolute atomic E-state index is 10.3. The van der Waals surface area contributed by atoms with Gasteiger partial charge in [-0.1, -0.05) is 35.4 Å². The summed E-state index contributed by atoms with van der Waals surface area (Å²) in [6, 6.07) is 13.5. The third kappa shape index (κ3) is 10.6. The first-order valence-corrected chi connectivity index (χ1v) is 7.63. The monoisotopic (exact) mass is 348 g/mol. The summed E-state index contributed by atoms with van der Waals surface area (Å²) in [5, 5.41) is 32.8. The molecule has 0 aliphatic rings. The van der Waals surface area contributed by atoms with Crippen LogP contribution in [0.2, 0.25) is 0 Å². The molecule has 0 bridgehead atoms. The highest BCUT2D eigenvalue weighted by Crippen LogP contribution is 2.02. The second-order valence-electron chi connectivity index (χ2n) is 5.14. The lowest BCUT2D eigenvalue weighted by Gasteiger charge is -1.92. The van der Waals surface area contributed by atoms with Crippen molar-refractivity contribution in [1.29, 1.82) is 0 Å². The van der Waals surface area contributed by atoms with Crippen LogP contribution < -0.4 is 0 Å². The van der Waals surface area contributed by atoms with Crippen LogP contribution in [0.1, 0.15) is 38.3 Å². The minimum atomic E-state index is -0.875. The molecule has 0 fully saturated rings. The van der Waals surface area contributed by atoms with Crippen molar-refractivity contribution in [2.45, 2.75) is 20.3 Å². The predicted molar refractivity (Wildman–Crippen MR) is 95.1 cm³/mol. The van der Waals surface area contributed by atoms with E-state index >= 15 is 0 Å². The summed E-state index contributed by atoms with van der Waals surface area (Å²) in [4.78, 5) is 20.6. The number of aryl methyl sites for hydroxylation is 2. The van der Waals surface area contributed by atoms with E-state index in [9.17, 15) is 9.59 Å². The fourth-order valence-corrected chi connectivity index (χ4v) is 1.46. The van der Waals surface area contributed by atoms with Gasteiger partial charge < -0.3 is 20.4 Å². The van der Waals surface area contributed by atoms with Gasteiger partial charge >= 0.3 is 11.9 Å². The van der Waals surface area contributed by atoms with Gasteiger partial charge in [-0.3, -0.25) is 0 Å². The number of carboxylic acid groups (broad SMARTS) is 2. The van der Waals surface area contributed by atoms with Crippen LogP contribution in [0.25, 0.3) is 0 Å². The SMILES string of the molecule is Cc1ccc(C(=O)O)cc1.Cc1ccc(C(=O)O)cc1.OCCCO. The molecule has 0 spiro atoms. The Morgan fingerprint density at radius 3 is 1.12 bits per heavy atom. The number of aliphatic hydroxyl groups is 2. The van der Waals surface area contributed by atoms with E-state index in [1.165, 1.54) is 0 Å². The third-order valence-corrected chi connectivity index (χ3v) is 2.91. The molecule has 136 valence electrons. The number of benzene rings is 2. The molecule has 2 aromatic rings. The fraction of sp³-hybridized carbons (Fsp3) is 0.263. The Bertz CT molecular complexity index is 574. The molecule has 0 aliphatic carbocycles. The Morgan fingerprint density at radius 1 is 0.680 bits per heavy atom. The van der Waals surface area contributed by atoms with Crippen LogP contribution in [-0.4, -0.2) is 45.6 Å². The van der Waals surface area contributed by atoms with Crippen LogP contribution in [0.3, 0.4) is 0 Å². The van der Waals surface area contributed by atoms with Crippen LogP contribution in [0, 0.1) is 13.8 Å². The Labute approximate surface area is 147 Å². The number of carboxylic acids is 2. The number of hydrogen-bond acceptors (Lipinski definition) is 4. The van der Waals surface area contributed by atoms with Crippen LogP contribution in [0.4, 0.5) is 0 Å². The highest BCUT2D eigenvalue weighted by Gasteiger charge is 1.99. The molecule has 2 rings (SSSR count). The quantitative estimate of drug-likeness (QED) is 0.675. The normalized spacial score (nSPS) is 9.12. The van der Waals surface area contributed by atoms with Gasteiger partial charge in [-0.15, -0.1) is 0 Å². The summed E-state index contributed by atoms with van der Waals surface area (Å²) < 4.78 is 0. The molecular formula is C19H24O6. The van der Waals surface area contributed by atoms with Gasteiger partial charge in [-0.2, -0.15) is 0 Å². The molecule has 0 radical (unpaired) electrons. The van der Waals surface area contributed by atoms with Crippen molar-refractivity contribution in [1.82, 2.24) is 0 Å². The lowest BCUT2D eigenvalue weighted by molar-refractivity contribution is 0.0686. The van der Waals surface area contributed by atoms with Gasteiger partial charge in [0.1, 0.15) is 0 Å². The van der Waals surface area contributed by atoms with Crippen molar-refractivity contribution < 1.29 is 30.0 Å². The fourth-order valence-electron chi connectivity index (χ4n) is 1.46. The summed E-state index contributed by atoms with van der Waals surface area (Å²) >= 11 is 0. The van der Waals surface area contributed by atoms with Gasteiger partial charge in [0, 0.05) is 13.2 Å². The van der Waals surface area contributed by atoms with Gasteiger partial charge in [0.15, 0.2) is 0 Å². The zero-order valence-electron chi connectivity index (χ0n) is 14.3. The highest BCUT2D eigenvalue weighted by atomic mass is 16.4. The lowest BCUT2D eigenvalue weighted by atomic mass is 10.2. The van der Waals surface area contributed by atoms with Gasteiger partial charge in [0.05, 0.1) is 11.1 Å². The van der Waals surface area contributed by atoms with E-state index in [1.54, 1.807) is 48.5 Å². The molecule has 6 heteroatoms. The van der Waals surface area contributed by atoms with Crippen molar-refractivity contribution in [2.24, 2.45) is 0 Å². The van der Waals surface area contributed by atoms with E-state index in [1.807, 2.05) is 13.8 Å². The summed E-state index contributed by atoms with van der Waals surface area (Å²) in [7, 11) is 0. The van der Waals surface area contributed by atoms with E-state index in [2.05, 4.69) is 0 Å². The van der Waals surface area contributed by atoms with Crippen molar-refractivity contribution in [3.8, 4) is 0 Å². The molecule has 0 saturated carbocycles. The molecule has 0 aliphatic heterocycles. The molecule has 0 saturated heterocycles. The topological polar surface area (TPSA) is 115 Å². The average molecular weight is 348 g/mol. The molecule has 2 aromatic carbocycles. The van der Waals surface area contributed by atoms with E-state index in [0.717, 1.165) is 11.1 Å². The van der Waals surface area contributed by atoms with Gasteiger partial charge in [0.25, 0.3) is 0 Å². The zero-order valence-corrected chi connectivity index (χ0v) is 14.3. The summed E-state index contributed by atoms with van der Waals surface area (Å²) in [6.45, 7) is 4.03. The molecule has 0 aromatic heterocycles. The van der Waals surface area contributed by atoms with Gasteiger partial charge in [-0.05, 0) is 44.5 Å². The Morgan fingerprint density at radius 2 is 0.960 bits per heavy atom. The first-order valence-electron chi connectivity index (χ1n) is 7.63. The smallest absolute Gasteiger partial charge is 0.335 e. The van der Waals surface area contributed by atoms with Gasteiger partial charge in [0.2, 0.25) is 0 Å². The Kier molecular flexibility index (Phi) is 11.3. The largest absolute Gasteiger partial charge is 0.478 e. The van der Waals surface area contributed by atoms with Crippen molar-refractivity contribution in [3.05, 3.63) is 70.8 Å². The highest BCUT2D eigenvalue weighted by molar-refractivity contribution is 5.87. The minimum absolute atomic E-state index is 0.0938. The van der Waals surface area contributed by atoms with E-state index in [4.69, 9.17) is 20.4 Å². The molecule has 6 nitrogen and oxygen atoms in total. The van der Waals surface area contributed by atoms with Crippen LogP contribution in [0.5, 0.6) is 0 Å². The molecule has 0 unspecified atom stereocenters. The third-order valence-electron chi connectivity index (χ3n) is 2.91. The Balaban J connectivity index is 0.000000368. The maximum Gasteiger partial charge on any atom is 0.335 e. The van der Waals surface area contributed by atoms with Crippen LogP contribution >= 0.6 is 0 Å². The van der Waals surface area contributed by atoms with Crippen LogP contribution in [0.15, 0.2) is 48.5 Å². The molecule has 25 heavy (non-hydrogen) atoms. The number of aliphatic hydroxyl groups excluding tert-OH is 2. The molecule has 4 N–H and O–H groups in total. The van der Waals surface area contributed by atoms with E-state index in [0.29, 0.717) is 17.5 Å². The second-order valence-corrected chi connectivity index (χ2v) is 5.14. The molecular weight excluding hydrogens is 324 g/mol. The Hall–Kier alpha value is -2.70. The van der Waals surface area contributed by atoms with E-state index in [-0.39, 0.29) is 13.2 Å². The van der Waals surface area contributed by atoms with Crippen LogP contribution in [-0.2, 0) is 0 Å².